The first kappa shape index (κ1) is 10.7. The molecule has 0 saturated heterocycles. The molecule has 0 aromatic carbocycles. The summed E-state index contributed by atoms with van der Waals surface area (Å²) >= 11 is 3.38. The minimum absolute atomic E-state index is 0.102. The van der Waals surface area contributed by atoms with E-state index in [0.717, 1.165) is 24.7 Å². The molecule has 82 valence electrons. The van der Waals surface area contributed by atoms with Crippen molar-refractivity contribution in [3.05, 3.63) is 18.0 Å². The van der Waals surface area contributed by atoms with Crippen LogP contribution in [0.1, 0.15) is 23.2 Å². The summed E-state index contributed by atoms with van der Waals surface area (Å²) < 4.78 is 1.66. The van der Waals surface area contributed by atoms with Crippen molar-refractivity contribution < 1.29 is 4.79 Å². The molecule has 0 aliphatic heterocycles. The summed E-state index contributed by atoms with van der Waals surface area (Å²) in [5.74, 6) is 0.102. The minimum atomic E-state index is 0.102. The number of hydrogen-bond donors (Lipinski definition) is 0. The van der Waals surface area contributed by atoms with E-state index in [1.807, 2.05) is 11.9 Å². The van der Waals surface area contributed by atoms with Crippen LogP contribution in [0.3, 0.4) is 0 Å². The molecule has 0 bridgehead atoms. The molecule has 1 fully saturated rings. The third-order valence-corrected chi connectivity index (χ3v) is 2.88. The normalized spacial score (nSPS) is 15.3. The Kier molecular flexibility index (Phi) is 3.09. The molecule has 5 heteroatoms. The van der Waals surface area contributed by atoms with Crippen molar-refractivity contribution in [2.24, 2.45) is 7.05 Å². The van der Waals surface area contributed by atoms with Gasteiger partial charge in [-0.25, -0.2) is 0 Å². The van der Waals surface area contributed by atoms with Crippen molar-refractivity contribution in [2.45, 2.75) is 18.9 Å². The van der Waals surface area contributed by atoms with Crippen molar-refractivity contribution in [2.75, 3.05) is 11.9 Å². The van der Waals surface area contributed by atoms with Gasteiger partial charge in [0.1, 0.15) is 0 Å². The molecule has 0 unspecified atom stereocenters. The maximum Gasteiger partial charge on any atom is 0.257 e. The average molecular weight is 272 g/mol. The Morgan fingerprint density at radius 1 is 1.73 bits per heavy atom. The summed E-state index contributed by atoms with van der Waals surface area (Å²) in [6, 6.07) is 0.454. The number of carbonyl (C=O) groups is 1. The van der Waals surface area contributed by atoms with Crippen LogP contribution in [0.5, 0.6) is 0 Å². The molecule has 0 N–H and O–H groups in total. The Morgan fingerprint density at radius 2 is 2.47 bits per heavy atom. The number of aromatic nitrogens is 2. The second kappa shape index (κ2) is 4.35. The SMILES string of the molecule is Cn1cc(C(=O)N(CCBr)C2CC2)cn1. The van der Waals surface area contributed by atoms with Crippen LogP contribution >= 0.6 is 15.9 Å². The number of halogens is 1. The van der Waals surface area contributed by atoms with Crippen molar-refractivity contribution in [1.82, 2.24) is 14.7 Å². The number of rotatable bonds is 4. The lowest BCUT2D eigenvalue weighted by molar-refractivity contribution is 0.0754. The van der Waals surface area contributed by atoms with Crippen LogP contribution in [0, 0.1) is 0 Å². The van der Waals surface area contributed by atoms with Gasteiger partial charge in [0, 0.05) is 31.2 Å². The van der Waals surface area contributed by atoms with Crippen LogP contribution in [0.15, 0.2) is 12.4 Å². The number of carbonyl (C=O) groups excluding carboxylic acids is 1. The number of nitrogens with zero attached hydrogens (tertiary/aromatic N) is 3. The van der Waals surface area contributed by atoms with E-state index in [2.05, 4.69) is 21.0 Å². The standard InChI is InChI=1S/C10H14BrN3O/c1-13-7-8(6-12-13)10(15)14(5-4-11)9-2-3-9/h6-7,9H,2-5H2,1H3. The topological polar surface area (TPSA) is 38.1 Å². The Morgan fingerprint density at radius 3 is 2.93 bits per heavy atom. The van der Waals surface area contributed by atoms with E-state index in [4.69, 9.17) is 0 Å². The molecular weight excluding hydrogens is 258 g/mol. The molecule has 1 aliphatic carbocycles. The quantitative estimate of drug-likeness (QED) is 0.777. The zero-order valence-corrected chi connectivity index (χ0v) is 10.3. The molecule has 0 atom stereocenters. The van der Waals surface area contributed by atoms with Gasteiger partial charge in [0.05, 0.1) is 11.8 Å². The largest absolute Gasteiger partial charge is 0.335 e. The summed E-state index contributed by atoms with van der Waals surface area (Å²) in [6.07, 6.45) is 5.68. The summed E-state index contributed by atoms with van der Waals surface area (Å²) in [6.45, 7) is 0.776. The molecule has 1 aromatic heterocycles. The maximum atomic E-state index is 12.1. The van der Waals surface area contributed by atoms with Gasteiger partial charge >= 0.3 is 0 Å². The van der Waals surface area contributed by atoms with Crippen LogP contribution in [0.4, 0.5) is 0 Å². The van der Waals surface area contributed by atoms with Gasteiger partial charge in [-0.3, -0.25) is 9.48 Å². The van der Waals surface area contributed by atoms with Crippen molar-refractivity contribution >= 4 is 21.8 Å². The highest BCUT2D eigenvalue weighted by Crippen LogP contribution is 2.28. The van der Waals surface area contributed by atoms with Gasteiger partial charge in [-0.05, 0) is 12.8 Å². The smallest absolute Gasteiger partial charge is 0.257 e. The summed E-state index contributed by atoms with van der Waals surface area (Å²) in [5.41, 5.74) is 0.686. The van der Waals surface area contributed by atoms with Crippen molar-refractivity contribution in [1.29, 1.82) is 0 Å². The Bertz CT molecular complexity index is 359. The van der Waals surface area contributed by atoms with Crippen LogP contribution in [0.25, 0.3) is 0 Å². The summed E-state index contributed by atoms with van der Waals surface area (Å²) in [4.78, 5) is 14.0. The van der Waals surface area contributed by atoms with Gasteiger partial charge < -0.3 is 4.90 Å². The van der Waals surface area contributed by atoms with Crippen LogP contribution in [-0.4, -0.2) is 38.5 Å². The third kappa shape index (κ3) is 2.40. The number of alkyl halides is 1. The summed E-state index contributed by atoms with van der Waals surface area (Å²) in [5, 5.41) is 4.85. The molecule has 1 heterocycles. The van der Waals surface area contributed by atoms with Crippen molar-refractivity contribution in [3.63, 3.8) is 0 Å². The predicted octanol–water partition coefficient (Wildman–Crippen LogP) is 1.42. The fourth-order valence-corrected chi connectivity index (χ4v) is 2.01. The monoisotopic (exact) mass is 271 g/mol. The van der Waals surface area contributed by atoms with Gasteiger partial charge in [0.25, 0.3) is 5.91 Å². The molecule has 1 aliphatic rings. The van der Waals surface area contributed by atoms with E-state index in [1.165, 1.54) is 0 Å². The second-order valence-electron chi connectivity index (χ2n) is 3.82. The molecule has 0 spiro atoms. The molecule has 1 aromatic rings. The van der Waals surface area contributed by atoms with Gasteiger partial charge in [-0.1, -0.05) is 15.9 Å². The number of hydrogen-bond acceptors (Lipinski definition) is 2. The number of amides is 1. The highest BCUT2D eigenvalue weighted by Gasteiger charge is 2.32. The van der Waals surface area contributed by atoms with E-state index in [0.29, 0.717) is 11.6 Å². The minimum Gasteiger partial charge on any atom is -0.335 e. The fraction of sp³-hybridized carbons (Fsp3) is 0.600. The molecular formula is C10H14BrN3O. The zero-order valence-electron chi connectivity index (χ0n) is 8.69. The summed E-state index contributed by atoms with van der Waals surface area (Å²) in [7, 11) is 1.82. The molecule has 1 amide bonds. The first-order valence-electron chi connectivity index (χ1n) is 5.08. The Balaban J connectivity index is 2.10. The van der Waals surface area contributed by atoms with E-state index in [9.17, 15) is 4.79 Å². The average Bonchev–Trinajstić information content (AvgIpc) is 2.96. The van der Waals surface area contributed by atoms with Crippen LogP contribution < -0.4 is 0 Å². The molecule has 2 rings (SSSR count). The van der Waals surface area contributed by atoms with E-state index in [-0.39, 0.29) is 5.91 Å². The van der Waals surface area contributed by atoms with E-state index < -0.39 is 0 Å². The van der Waals surface area contributed by atoms with Gasteiger partial charge in [0.2, 0.25) is 0 Å². The third-order valence-electron chi connectivity index (χ3n) is 2.53. The molecule has 15 heavy (non-hydrogen) atoms. The van der Waals surface area contributed by atoms with Crippen molar-refractivity contribution in [3.8, 4) is 0 Å². The van der Waals surface area contributed by atoms with Crippen LogP contribution in [0.2, 0.25) is 0 Å². The maximum absolute atomic E-state index is 12.1. The molecule has 1 saturated carbocycles. The molecule has 4 nitrogen and oxygen atoms in total. The fourth-order valence-electron chi connectivity index (χ4n) is 1.62. The lowest BCUT2D eigenvalue weighted by Crippen LogP contribution is -2.34. The lowest BCUT2D eigenvalue weighted by atomic mass is 10.3. The zero-order chi connectivity index (χ0) is 10.8. The Labute approximate surface area is 97.4 Å². The van der Waals surface area contributed by atoms with Gasteiger partial charge in [-0.15, -0.1) is 0 Å². The van der Waals surface area contributed by atoms with Gasteiger partial charge in [0.15, 0.2) is 0 Å². The number of aryl methyl sites for hydroxylation is 1. The van der Waals surface area contributed by atoms with E-state index >= 15 is 0 Å². The highest BCUT2D eigenvalue weighted by atomic mass is 79.9. The molecule has 0 radical (unpaired) electrons. The van der Waals surface area contributed by atoms with E-state index in [1.54, 1.807) is 17.1 Å². The van der Waals surface area contributed by atoms with Gasteiger partial charge in [-0.2, -0.15) is 5.10 Å². The Hall–Kier alpha value is -0.840. The second-order valence-corrected chi connectivity index (χ2v) is 4.61. The first-order chi connectivity index (χ1) is 7.22. The first-order valence-corrected chi connectivity index (χ1v) is 6.20. The van der Waals surface area contributed by atoms with Crippen LogP contribution in [-0.2, 0) is 7.05 Å². The lowest BCUT2D eigenvalue weighted by Gasteiger charge is -2.20. The highest BCUT2D eigenvalue weighted by molar-refractivity contribution is 9.09. The predicted molar refractivity (Wildman–Crippen MR) is 61.1 cm³/mol.